The molecule has 0 bridgehead atoms. The smallest absolute Gasteiger partial charge is 0.212 e. The van der Waals surface area contributed by atoms with Gasteiger partial charge in [-0.25, -0.2) is 8.42 Å². The second-order valence-corrected chi connectivity index (χ2v) is 8.71. The number of nitrogens with zero attached hydrogens (tertiary/aromatic N) is 1. The van der Waals surface area contributed by atoms with Gasteiger partial charge in [-0.15, -0.1) is 11.3 Å². The number of sulfonamides is 1. The number of benzene rings is 1. The van der Waals surface area contributed by atoms with Crippen LogP contribution in [-0.2, 0) is 28.4 Å². The van der Waals surface area contributed by atoms with Crippen LogP contribution in [0.1, 0.15) is 34.5 Å². The van der Waals surface area contributed by atoms with Crippen LogP contribution in [0.15, 0.2) is 35.7 Å². The van der Waals surface area contributed by atoms with Crippen LogP contribution >= 0.6 is 11.3 Å². The Morgan fingerprint density at radius 2 is 2.04 bits per heavy atom. The third kappa shape index (κ3) is 3.36. The lowest BCUT2D eigenvalue weighted by Gasteiger charge is -2.32. The van der Waals surface area contributed by atoms with Crippen molar-refractivity contribution < 1.29 is 21.6 Å². The van der Waals surface area contributed by atoms with Crippen molar-refractivity contribution in [3.63, 3.8) is 0 Å². The lowest BCUT2D eigenvalue weighted by atomic mass is 10.0. The zero-order valence-corrected chi connectivity index (χ0v) is 14.5. The third-order valence-electron chi connectivity index (χ3n) is 4.18. The van der Waals surface area contributed by atoms with Crippen LogP contribution in [0.3, 0.4) is 0 Å². The van der Waals surface area contributed by atoms with Gasteiger partial charge in [0.05, 0.1) is 11.3 Å². The van der Waals surface area contributed by atoms with E-state index in [0.29, 0.717) is 13.0 Å². The summed E-state index contributed by atoms with van der Waals surface area (Å²) < 4.78 is 65.2. The molecule has 0 N–H and O–H groups in total. The van der Waals surface area contributed by atoms with Gasteiger partial charge in [-0.3, -0.25) is 0 Å². The van der Waals surface area contributed by atoms with E-state index in [4.69, 9.17) is 0 Å². The Kier molecular flexibility index (Phi) is 4.48. The highest BCUT2D eigenvalue weighted by Crippen LogP contribution is 2.35. The molecule has 0 fully saturated rings. The summed E-state index contributed by atoms with van der Waals surface area (Å²) in [5.41, 5.74) is 0.300. The Hall–Kier alpha value is -1.38. The van der Waals surface area contributed by atoms with E-state index in [9.17, 15) is 21.6 Å². The van der Waals surface area contributed by atoms with Crippen molar-refractivity contribution in [2.75, 3.05) is 6.54 Å². The van der Waals surface area contributed by atoms with Crippen LogP contribution in [0.5, 0.6) is 0 Å². The highest BCUT2D eigenvalue weighted by Gasteiger charge is 2.34. The maximum atomic E-state index is 12.8. The number of hydrogen-bond acceptors (Lipinski definition) is 3. The van der Waals surface area contributed by atoms with Gasteiger partial charge in [0.25, 0.3) is 0 Å². The first-order valence-electron chi connectivity index (χ1n) is 7.40. The fourth-order valence-electron chi connectivity index (χ4n) is 3.00. The predicted octanol–water partition coefficient (Wildman–Crippen LogP) is 4.22. The van der Waals surface area contributed by atoms with E-state index in [-0.39, 0.29) is 11.6 Å². The van der Waals surface area contributed by atoms with Crippen molar-refractivity contribution in [2.24, 2.45) is 0 Å². The quantitative estimate of drug-likeness (QED) is 0.806. The number of fused-ring (bicyclic) bond motifs is 1. The number of halogens is 3. The second-order valence-electron chi connectivity index (χ2n) is 5.79. The van der Waals surface area contributed by atoms with Gasteiger partial charge in [-0.2, -0.15) is 17.5 Å². The summed E-state index contributed by atoms with van der Waals surface area (Å²) in [6.07, 6.45) is -3.84. The van der Waals surface area contributed by atoms with Crippen LogP contribution in [0.2, 0.25) is 0 Å². The number of rotatable bonds is 3. The van der Waals surface area contributed by atoms with Crippen LogP contribution in [0.25, 0.3) is 0 Å². The highest BCUT2D eigenvalue weighted by atomic mass is 32.2. The van der Waals surface area contributed by atoms with E-state index < -0.39 is 27.5 Å². The molecule has 24 heavy (non-hydrogen) atoms. The maximum Gasteiger partial charge on any atom is 0.416 e. The van der Waals surface area contributed by atoms with Gasteiger partial charge in [0, 0.05) is 17.5 Å². The second kappa shape index (κ2) is 6.16. The Morgan fingerprint density at radius 1 is 1.29 bits per heavy atom. The van der Waals surface area contributed by atoms with Gasteiger partial charge < -0.3 is 0 Å². The summed E-state index contributed by atoms with van der Waals surface area (Å²) in [5, 5.41) is 1.93. The summed E-state index contributed by atoms with van der Waals surface area (Å²) in [6.45, 7) is 2.17. The standard InChI is InChI=1S/C16H16F3NO2S2/c1-11-14-6-8-23-15(14)5-7-20(11)24(21,22)10-12-3-2-4-13(9-12)16(17,18)19/h2-4,6,8-9,11H,5,7,10H2,1H3/t11-/m1/s1. The highest BCUT2D eigenvalue weighted by molar-refractivity contribution is 7.88. The average Bonchev–Trinajstić information content (AvgIpc) is 2.95. The van der Waals surface area contributed by atoms with Gasteiger partial charge in [-0.05, 0) is 42.0 Å². The van der Waals surface area contributed by atoms with Crippen LogP contribution in [-0.4, -0.2) is 19.3 Å². The van der Waals surface area contributed by atoms with Crippen LogP contribution in [0.4, 0.5) is 13.2 Å². The first-order chi connectivity index (χ1) is 11.2. The molecular formula is C16H16F3NO2S2. The molecule has 0 aliphatic carbocycles. The number of thiophene rings is 1. The molecule has 8 heteroatoms. The molecule has 2 heterocycles. The molecule has 0 amide bonds. The van der Waals surface area contributed by atoms with Gasteiger partial charge >= 0.3 is 6.18 Å². The van der Waals surface area contributed by atoms with Gasteiger partial charge in [-0.1, -0.05) is 18.2 Å². The van der Waals surface area contributed by atoms with Gasteiger partial charge in [0.1, 0.15) is 0 Å². The van der Waals surface area contributed by atoms with Crippen molar-refractivity contribution in [1.29, 1.82) is 0 Å². The molecule has 0 radical (unpaired) electrons. The van der Waals surface area contributed by atoms with Gasteiger partial charge in [0.15, 0.2) is 0 Å². The molecule has 0 saturated heterocycles. The fraction of sp³-hybridized carbons (Fsp3) is 0.375. The molecule has 0 unspecified atom stereocenters. The minimum Gasteiger partial charge on any atom is -0.212 e. The van der Waals surface area contributed by atoms with Gasteiger partial charge in [0.2, 0.25) is 10.0 Å². The van der Waals surface area contributed by atoms with Crippen molar-refractivity contribution in [2.45, 2.75) is 31.3 Å². The van der Waals surface area contributed by atoms with Crippen molar-refractivity contribution in [1.82, 2.24) is 4.31 Å². The molecule has 1 aliphatic rings. The minimum absolute atomic E-state index is 0.146. The lowest BCUT2D eigenvalue weighted by molar-refractivity contribution is -0.137. The summed E-state index contributed by atoms with van der Waals surface area (Å²) in [5.74, 6) is -0.430. The Morgan fingerprint density at radius 3 is 2.75 bits per heavy atom. The molecular weight excluding hydrogens is 359 g/mol. The Balaban J connectivity index is 1.85. The van der Waals surface area contributed by atoms with E-state index in [1.807, 2.05) is 18.4 Å². The normalized spacial score (nSPS) is 19.2. The molecule has 0 spiro atoms. The SMILES string of the molecule is C[C@@H]1c2ccsc2CCN1S(=O)(=O)Cc1cccc(C(F)(F)F)c1. The molecule has 3 nitrogen and oxygen atoms in total. The van der Waals surface area contributed by atoms with E-state index in [1.54, 1.807) is 11.3 Å². The maximum absolute atomic E-state index is 12.8. The fourth-order valence-corrected chi connectivity index (χ4v) is 5.69. The van der Waals surface area contributed by atoms with Crippen molar-refractivity contribution in [3.05, 3.63) is 57.3 Å². The molecule has 0 saturated carbocycles. The monoisotopic (exact) mass is 375 g/mol. The Labute approximate surface area is 142 Å². The van der Waals surface area contributed by atoms with E-state index >= 15 is 0 Å². The third-order valence-corrected chi connectivity index (χ3v) is 7.09. The lowest BCUT2D eigenvalue weighted by Crippen LogP contribution is -2.38. The first-order valence-corrected chi connectivity index (χ1v) is 9.89. The number of alkyl halides is 3. The predicted molar refractivity (Wildman–Crippen MR) is 87.2 cm³/mol. The minimum atomic E-state index is -4.48. The number of hydrogen-bond donors (Lipinski definition) is 0. The topological polar surface area (TPSA) is 37.4 Å². The zero-order valence-electron chi connectivity index (χ0n) is 12.9. The summed E-state index contributed by atoms with van der Waals surface area (Å²) in [6, 6.07) is 6.12. The van der Waals surface area contributed by atoms with Crippen molar-refractivity contribution >= 4 is 21.4 Å². The molecule has 1 aromatic heterocycles. The van der Waals surface area contributed by atoms with Crippen LogP contribution in [0, 0.1) is 0 Å². The van der Waals surface area contributed by atoms with Crippen LogP contribution < -0.4 is 0 Å². The largest absolute Gasteiger partial charge is 0.416 e. The zero-order chi connectivity index (χ0) is 17.5. The van der Waals surface area contributed by atoms with E-state index in [1.165, 1.54) is 21.3 Å². The molecule has 2 aromatic rings. The van der Waals surface area contributed by atoms with Crippen molar-refractivity contribution in [3.8, 4) is 0 Å². The molecule has 3 rings (SSSR count). The van der Waals surface area contributed by atoms with E-state index in [2.05, 4.69) is 0 Å². The average molecular weight is 375 g/mol. The first kappa shape index (κ1) is 17.4. The summed E-state index contributed by atoms with van der Waals surface area (Å²) in [7, 11) is -3.70. The molecule has 1 atom stereocenters. The molecule has 130 valence electrons. The summed E-state index contributed by atoms with van der Waals surface area (Å²) in [4.78, 5) is 1.17. The van der Waals surface area contributed by atoms with E-state index in [0.717, 1.165) is 17.7 Å². The summed E-state index contributed by atoms with van der Waals surface area (Å²) >= 11 is 1.60. The molecule has 1 aliphatic heterocycles. The Bertz CT molecular complexity index is 843. The molecule has 1 aromatic carbocycles.